The highest BCUT2D eigenvalue weighted by molar-refractivity contribution is 5.94. The molecule has 0 bridgehead atoms. The summed E-state index contributed by atoms with van der Waals surface area (Å²) in [5.41, 5.74) is 14.6. The SMILES string of the molecule is C(=Cc1c(C=Cc2ccccc2)c2c(c(Oc3c(C=Cc4ccccc4)c(C=Cc4ccccc4)c(C=Cc4ccccc4)c4c3CCO4)c1C=Cc1ccccc1)CCO2)c1ccccc1. The molecule has 0 aliphatic carbocycles. The Kier molecular flexibility index (Phi) is 13.1. The molecule has 8 aromatic rings. The Morgan fingerprint density at radius 1 is 0.269 bits per heavy atom. The zero-order valence-corrected chi connectivity index (χ0v) is 37.3. The molecule has 2 heterocycles. The van der Waals surface area contributed by atoms with Crippen LogP contribution in [0.4, 0.5) is 0 Å². The Morgan fingerprint density at radius 3 is 0.776 bits per heavy atom. The molecule has 0 atom stereocenters. The maximum absolute atomic E-state index is 7.75. The molecule has 0 spiro atoms. The normalized spacial score (nSPS) is 13.3. The van der Waals surface area contributed by atoms with Gasteiger partial charge in [-0.05, 0) is 56.7 Å². The fourth-order valence-electron chi connectivity index (χ4n) is 8.75. The number of benzene rings is 8. The molecule has 2 aliphatic heterocycles. The van der Waals surface area contributed by atoms with Gasteiger partial charge in [0, 0.05) is 46.2 Å². The number of fused-ring (bicyclic) bond motifs is 2. The average Bonchev–Trinajstić information content (AvgIpc) is 4.09. The van der Waals surface area contributed by atoms with Gasteiger partial charge >= 0.3 is 0 Å². The van der Waals surface area contributed by atoms with Crippen molar-refractivity contribution in [2.75, 3.05) is 13.2 Å². The molecule has 0 saturated heterocycles. The van der Waals surface area contributed by atoms with E-state index < -0.39 is 0 Å². The zero-order chi connectivity index (χ0) is 45.0. The number of rotatable bonds is 14. The van der Waals surface area contributed by atoms with E-state index in [1.165, 1.54) is 0 Å². The van der Waals surface area contributed by atoms with Crippen molar-refractivity contribution in [1.82, 2.24) is 0 Å². The monoisotopic (exact) mass is 866 g/mol. The highest BCUT2D eigenvalue weighted by Gasteiger charge is 2.32. The predicted molar refractivity (Wildman–Crippen MR) is 284 cm³/mol. The van der Waals surface area contributed by atoms with Crippen LogP contribution in [0.1, 0.15) is 77.9 Å². The molecule has 0 fully saturated rings. The van der Waals surface area contributed by atoms with Gasteiger partial charge < -0.3 is 14.2 Å². The third-order valence-corrected chi connectivity index (χ3v) is 12.1. The summed E-state index contributed by atoms with van der Waals surface area (Å²) in [5.74, 6) is 3.23. The summed E-state index contributed by atoms with van der Waals surface area (Å²) in [5, 5.41) is 0. The van der Waals surface area contributed by atoms with Crippen LogP contribution in [0.25, 0.3) is 72.9 Å². The third-order valence-electron chi connectivity index (χ3n) is 12.1. The summed E-state index contributed by atoms with van der Waals surface area (Å²) in [6.45, 7) is 1.09. The first-order valence-corrected chi connectivity index (χ1v) is 23.0. The first-order valence-electron chi connectivity index (χ1n) is 23.0. The lowest BCUT2D eigenvalue weighted by Crippen LogP contribution is -2.03. The standard InChI is InChI=1S/C64H50O3/c1-7-19-47(20-8-1)31-37-53-55(39-33-49-23-11-3-12-24-49)61-59(43-45-65-61)63(57(53)41-35-51-27-15-5-16-28-51)67-64-58(42-36-52-29-17-6-18-30-52)54(38-32-48-21-9-2-10-22-48)56(62-60(64)44-46-66-62)40-34-50-25-13-4-14-26-50/h1-42H,43-46H2. The van der Waals surface area contributed by atoms with E-state index in [2.05, 4.69) is 231 Å². The van der Waals surface area contributed by atoms with Crippen molar-refractivity contribution in [3.05, 3.63) is 260 Å². The molecule has 324 valence electrons. The fourth-order valence-corrected chi connectivity index (χ4v) is 8.75. The van der Waals surface area contributed by atoms with Crippen LogP contribution in [0.15, 0.2) is 182 Å². The van der Waals surface area contributed by atoms with E-state index in [0.29, 0.717) is 26.1 Å². The minimum atomic E-state index is 0.543. The van der Waals surface area contributed by atoms with Crippen molar-refractivity contribution < 1.29 is 14.2 Å². The molecule has 3 heteroatoms. The van der Waals surface area contributed by atoms with Crippen molar-refractivity contribution in [3.8, 4) is 23.0 Å². The molecule has 3 nitrogen and oxygen atoms in total. The molecule has 8 aromatic carbocycles. The topological polar surface area (TPSA) is 27.7 Å². The first-order chi connectivity index (χ1) is 33.2. The third kappa shape index (κ3) is 9.98. The first kappa shape index (κ1) is 42.5. The van der Waals surface area contributed by atoms with Crippen molar-refractivity contribution in [2.45, 2.75) is 12.8 Å². The summed E-state index contributed by atoms with van der Waals surface area (Å²) in [6, 6.07) is 62.7. The summed E-state index contributed by atoms with van der Waals surface area (Å²) in [4.78, 5) is 0. The second-order valence-corrected chi connectivity index (χ2v) is 16.5. The van der Waals surface area contributed by atoms with Gasteiger partial charge in [0.05, 0.1) is 13.2 Å². The highest BCUT2D eigenvalue weighted by Crippen LogP contribution is 2.51. The van der Waals surface area contributed by atoms with E-state index in [4.69, 9.17) is 14.2 Å². The maximum atomic E-state index is 7.75. The Bertz CT molecular complexity index is 2930. The predicted octanol–water partition coefficient (Wildman–Crippen LogP) is 16.4. The quantitative estimate of drug-likeness (QED) is 0.102. The van der Waals surface area contributed by atoms with Gasteiger partial charge in [0.1, 0.15) is 23.0 Å². The molecular formula is C64H50O3. The highest BCUT2D eigenvalue weighted by atomic mass is 16.5. The Morgan fingerprint density at radius 2 is 0.507 bits per heavy atom. The lowest BCUT2D eigenvalue weighted by Gasteiger charge is -2.23. The Balaban J connectivity index is 1.25. The molecule has 0 N–H and O–H groups in total. The van der Waals surface area contributed by atoms with Crippen molar-refractivity contribution >= 4 is 72.9 Å². The molecule has 0 unspecified atom stereocenters. The van der Waals surface area contributed by atoms with Crippen LogP contribution in [0.5, 0.6) is 23.0 Å². The van der Waals surface area contributed by atoms with Crippen LogP contribution in [0, 0.1) is 0 Å². The summed E-state index contributed by atoms with van der Waals surface area (Å²) in [6.07, 6.45) is 27.7. The minimum Gasteiger partial charge on any atom is -0.492 e. The lowest BCUT2D eigenvalue weighted by atomic mass is 9.90. The molecule has 0 aromatic heterocycles. The Labute approximate surface area is 394 Å². The van der Waals surface area contributed by atoms with E-state index in [-0.39, 0.29) is 0 Å². The summed E-state index contributed by atoms with van der Waals surface area (Å²) < 4.78 is 21.1. The smallest absolute Gasteiger partial charge is 0.142 e. The zero-order valence-electron chi connectivity index (χ0n) is 37.3. The van der Waals surface area contributed by atoms with Crippen molar-refractivity contribution in [3.63, 3.8) is 0 Å². The molecule has 10 rings (SSSR count). The van der Waals surface area contributed by atoms with Gasteiger partial charge in [-0.2, -0.15) is 0 Å². The van der Waals surface area contributed by atoms with Gasteiger partial charge in [0.25, 0.3) is 0 Å². The molecule has 0 saturated carbocycles. The fraction of sp³-hybridized carbons (Fsp3) is 0.0625. The largest absolute Gasteiger partial charge is 0.492 e. The molecular weight excluding hydrogens is 817 g/mol. The molecule has 0 radical (unpaired) electrons. The Hall–Kier alpha value is -8.40. The molecule has 0 amide bonds. The second kappa shape index (κ2) is 20.6. The van der Waals surface area contributed by atoms with Crippen molar-refractivity contribution in [2.24, 2.45) is 0 Å². The maximum Gasteiger partial charge on any atom is 0.142 e. The van der Waals surface area contributed by atoms with E-state index in [1.54, 1.807) is 0 Å². The number of ether oxygens (including phenoxy) is 3. The van der Waals surface area contributed by atoms with E-state index >= 15 is 0 Å². The molecule has 67 heavy (non-hydrogen) atoms. The van der Waals surface area contributed by atoms with Gasteiger partial charge in [0.15, 0.2) is 0 Å². The minimum absolute atomic E-state index is 0.543. The molecule has 2 aliphatic rings. The van der Waals surface area contributed by atoms with E-state index in [0.717, 1.165) is 101 Å². The number of hydrogen-bond acceptors (Lipinski definition) is 3. The summed E-state index contributed by atoms with van der Waals surface area (Å²) >= 11 is 0. The summed E-state index contributed by atoms with van der Waals surface area (Å²) in [7, 11) is 0. The lowest BCUT2D eigenvalue weighted by molar-refractivity contribution is 0.356. The van der Waals surface area contributed by atoms with Crippen molar-refractivity contribution in [1.29, 1.82) is 0 Å². The van der Waals surface area contributed by atoms with Crippen LogP contribution in [-0.4, -0.2) is 13.2 Å². The number of hydrogen-bond donors (Lipinski definition) is 0. The average molecular weight is 867 g/mol. The van der Waals surface area contributed by atoms with Crippen LogP contribution in [0.2, 0.25) is 0 Å². The van der Waals surface area contributed by atoms with E-state index in [9.17, 15) is 0 Å². The second-order valence-electron chi connectivity index (χ2n) is 16.5. The van der Waals surface area contributed by atoms with Gasteiger partial charge in [0.2, 0.25) is 0 Å². The van der Waals surface area contributed by atoms with Gasteiger partial charge in [-0.1, -0.05) is 243 Å². The van der Waals surface area contributed by atoms with Gasteiger partial charge in [-0.25, -0.2) is 0 Å². The van der Waals surface area contributed by atoms with Crippen LogP contribution < -0.4 is 14.2 Å². The van der Waals surface area contributed by atoms with Gasteiger partial charge in [-0.3, -0.25) is 0 Å². The van der Waals surface area contributed by atoms with Crippen LogP contribution >= 0.6 is 0 Å². The van der Waals surface area contributed by atoms with E-state index in [1.807, 2.05) is 24.3 Å². The van der Waals surface area contributed by atoms with Crippen LogP contribution in [-0.2, 0) is 12.8 Å². The van der Waals surface area contributed by atoms with Crippen LogP contribution in [0.3, 0.4) is 0 Å². The van der Waals surface area contributed by atoms with Gasteiger partial charge in [-0.15, -0.1) is 0 Å².